The Labute approximate surface area is 77.0 Å². The molecule has 0 fully saturated rings. The highest BCUT2D eigenvalue weighted by atomic mass is 19.4. The van der Waals surface area contributed by atoms with Crippen molar-refractivity contribution >= 4 is 0 Å². The minimum Gasteiger partial charge on any atom is -0.254 e. The summed E-state index contributed by atoms with van der Waals surface area (Å²) in [7, 11) is 0. The molecule has 0 N–H and O–H groups in total. The van der Waals surface area contributed by atoms with Crippen LogP contribution in [-0.2, 0) is 9.68 Å². The van der Waals surface area contributed by atoms with Crippen molar-refractivity contribution in [2.45, 2.75) is 12.7 Å². The van der Waals surface area contributed by atoms with Crippen molar-refractivity contribution in [3.63, 3.8) is 0 Å². The van der Waals surface area contributed by atoms with Crippen LogP contribution in [-0.4, -0.2) is 6.36 Å². The van der Waals surface area contributed by atoms with Gasteiger partial charge in [0.1, 0.15) is 0 Å². The highest BCUT2D eigenvalue weighted by Crippen LogP contribution is 2.28. The Morgan fingerprint density at radius 2 is 1.64 bits per heavy atom. The van der Waals surface area contributed by atoms with Crippen molar-refractivity contribution in [3.05, 3.63) is 35.9 Å². The normalized spacial score (nSPS) is 14.0. The van der Waals surface area contributed by atoms with Crippen molar-refractivity contribution < 1.29 is 27.4 Å². The van der Waals surface area contributed by atoms with Gasteiger partial charge in [0.05, 0.1) is 0 Å². The molecule has 0 saturated carbocycles. The summed E-state index contributed by atoms with van der Waals surface area (Å²) in [5.74, 6) is 0. The molecule has 14 heavy (non-hydrogen) atoms. The molecule has 1 unspecified atom stereocenters. The van der Waals surface area contributed by atoms with E-state index < -0.39 is 12.7 Å². The first-order valence-electron chi connectivity index (χ1n) is 3.60. The van der Waals surface area contributed by atoms with Crippen LogP contribution in [0.25, 0.3) is 0 Å². The van der Waals surface area contributed by atoms with Gasteiger partial charge >= 0.3 is 6.36 Å². The lowest BCUT2D eigenvalue weighted by Gasteiger charge is -2.14. The van der Waals surface area contributed by atoms with E-state index in [-0.39, 0.29) is 5.56 Å². The first-order chi connectivity index (χ1) is 6.53. The Bertz CT molecular complexity index is 272. The van der Waals surface area contributed by atoms with E-state index in [0.29, 0.717) is 0 Å². The van der Waals surface area contributed by atoms with E-state index in [0.717, 1.165) is 0 Å². The molecule has 78 valence electrons. The first kappa shape index (κ1) is 10.9. The highest BCUT2D eigenvalue weighted by molar-refractivity contribution is 5.15. The zero-order chi connectivity index (χ0) is 10.6. The molecule has 1 atom stereocenters. The van der Waals surface area contributed by atoms with E-state index in [1.54, 1.807) is 6.07 Å². The maximum atomic E-state index is 11.7. The summed E-state index contributed by atoms with van der Waals surface area (Å²) < 4.78 is 50.3. The molecular formula is C8H6F4O2. The Hall–Kier alpha value is -1.14. The average Bonchev–Trinajstić information content (AvgIpc) is 2.14. The van der Waals surface area contributed by atoms with Crippen molar-refractivity contribution in [3.8, 4) is 0 Å². The number of benzene rings is 1. The van der Waals surface area contributed by atoms with Crippen LogP contribution in [0, 0.1) is 0 Å². The SMILES string of the molecule is FOC(OC(F)(F)F)c1ccccc1. The van der Waals surface area contributed by atoms with Crippen LogP contribution in [0.5, 0.6) is 0 Å². The third-order valence-electron chi connectivity index (χ3n) is 1.39. The minimum atomic E-state index is -4.94. The average molecular weight is 210 g/mol. The van der Waals surface area contributed by atoms with Crippen LogP contribution in [0.2, 0.25) is 0 Å². The van der Waals surface area contributed by atoms with Crippen LogP contribution in [0.1, 0.15) is 11.9 Å². The second-order valence-electron chi connectivity index (χ2n) is 2.40. The number of ether oxygens (including phenoxy) is 1. The van der Waals surface area contributed by atoms with Gasteiger partial charge in [0, 0.05) is 5.56 Å². The lowest BCUT2D eigenvalue weighted by atomic mass is 10.2. The molecule has 1 rings (SSSR count). The number of hydrogen-bond acceptors (Lipinski definition) is 2. The van der Waals surface area contributed by atoms with Gasteiger partial charge < -0.3 is 0 Å². The summed E-state index contributed by atoms with van der Waals surface area (Å²) in [5, 5.41) is 0. The summed E-state index contributed by atoms with van der Waals surface area (Å²) >= 11 is 0. The summed E-state index contributed by atoms with van der Waals surface area (Å²) in [6, 6.07) is 6.99. The molecule has 0 saturated heterocycles. The van der Waals surface area contributed by atoms with E-state index in [1.165, 1.54) is 24.3 Å². The van der Waals surface area contributed by atoms with E-state index in [9.17, 15) is 17.7 Å². The van der Waals surface area contributed by atoms with Gasteiger partial charge in [-0.25, -0.2) is 0 Å². The van der Waals surface area contributed by atoms with Crippen molar-refractivity contribution in [2.75, 3.05) is 0 Å². The Kier molecular flexibility index (Phi) is 3.43. The Morgan fingerprint density at radius 3 is 2.07 bits per heavy atom. The lowest BCUT2D eigenvalue weighted by Crippen LogP contribution is -2.18. The Balaban J connectivity index is 2.73. The maximum Gasteiger partial charge on any atom is 0.525 e. The van der Waals surface area contributed by atoms with Gasteiger partial charge in [-0.15, -0.1) is 13.2 Å². The van der Waals surface area contributed by atoms with Gasteiger partial charge in [-0.1, -0.05) is 30.3 Å². The number of hydrogen-bond donors (Lipinski definition) is 0. The van der Waals surface area contributed by atoms with Gasteiger partial charge in [-0.3, -0.25) is 4.74 Å². The predicted molar refractivity (Wildman–Crippen MR) is 38.5 cm³/mol. The van der Waals surface area contributed by atoms with Gasteiger partial charge in [-0.05, 0) is 4.53 Å². The third-order valence-corrected chi connectivity index (χ3v) is 1.39. The lowest BCUT2D eigenvalue weighted by molar-refractivity contribution is -0.414. The fourth-order valence-corrected chi connectivity index (χ4v) is 0.869. The minimum absolute atomic E-state index is 0.0488. The predicted octanol–water partition coefficient (Wildman–Crippen LogP) is 3.12. The smallest absolute Gasteiger partial charge is 0.254 e. The Morgan fingerprint density at radius 1 is 1.07 bits per heavy atom. The number of rotatable bonds is 3. The molecule has 0 radical (unpaired) electrons. The topological polar surface area (TPSA) is 18.5 Å². The molecule has 0 bridgehead atoms. The molecule has 1 aromatic carbocycles. The fourth-order valence-electron chi connectivity index (χ4n) is 0.869. The second kappa shape index (κ2) is 4.39. The quantitative estimate of drug-likeness (QED) is 0.563. The van der Waals surface area contributed by atoms with Crippen LogP contribution >= 0.6 is 0 Å². The molecule has 0 spiro atoms. The van der Waals surface area contributed by atoms with Gasteiger partial charge in [0.15, 0.2) is 0 Å². The standard InChI is InChI=1S/C8H6F4O2/c9-8(10,11)13-7(14-12)6-4-2-1-3-5-6/h1-5,7H. The zero-order valence-electron chi connectivity index (χ0n) is 6.79. The molecule has 0 aromatic heterocycles. The van der Waals surface area contributed by atoms with Crippen LogP contribution in [0.4, 0.5) is 17.7 Å². The number of alkyl halides is 3. The van der Waals surface area contributed by atoms with Crippen LogP contribution in [0.15, 0.2) is 30.3 Å². The van der Waals surface area contributed by atoms with Gasteiger partial charge in [0.2, 0.25) is 6.29 Å². The monoisotopic (exact) mass is 210 g/mol. The largest absolute Gasteiger partial charge is 0.525 e. The third kappa shape index (κ3) is 3.31. The fraction of sp³-hybridized carbons (Fsp3) is 0.250. The molecule has 0 amide bonds. The molecule has 0 aliphatic heterocycles. The van der Waals surface area contributed by atoms with Crippen LogP contribution in [0.3, 0.4) is 0 Å². The van der Waals surface area contributed by atoms with E-state index >= 15 is 0 Å². The molecule has 0 heterocycles. The molecule has 2 nitrogen and oxygen atoms in total. The summed E-state index contributed by atoms with van der Waals surface area (Å²) in [4.78, 5) is 3.07. The zero-order valence-corrected chi connectivity index (χ0v) is 6.79. The van der Waals surface area contributed by atoms with Crippen LogP contribution < -0.4 is 0 Å². The first-order valence-corrected chi connectivity index (χ1v) is 3.60. The van der Waals surface area contributed by atoms with E-state index in [2.05, 4.69) is 9.68 Å². The molecule has 1 aromatic rings. The van der Waals surface area contributed by atoms with Crippen molar-refractivity contribution in [2.24, 2.45) is 0 Å². The summed E-state index contributed by atoms with van der Waals surface area (Å²) in [6.07, 6.45) is -7.01. The second-order valence-corrected chi connectivity index (χ2v) is 2.40. The molecule has 0 aliphatic rings. The van der Waals surface area contributed by atoms with E-state index in [1.807, 2.05) is 0 Å². The molecular weight excluding hydrogens is 204 g/mol. The highest BCUT2D eigenvalue weighted by Gasteiger charge is 2.35. The van der Waals surface area contributed by atoms with Crippen molar-refractivity contribution in [1.29, 1.82) is 0 Å². The summed E-state index contributed by atoms with van der Waals surface area (Å²) in [5.41, 5.74) is -0.0488. The van der Waals surface area contributed by atoms with E-state index in [4.69, 9.17) is 0 Å². The molecule has 6 heteroatoms. The maximum absolute atomic E-state index is 11.7. The number of halogens is 4. The summed E-state index contributed by atoms with van der Waals surface area (Å²) in [6.45, 7) is 0. The van der Waals surface area contributed by atoms with Gasteiger partial charge in [0.25, 0.3) is 0 Å². The van der Waals surface area contributed by atoms with Gasteiger partial charge in [-0.2, -0.15) is 4.94 Å². The molecule has 0 aliphatic carbocycles. The van der Waals surface area contributed by atoms with Crippen molar-refractivity contribution in [1.82, 2.24) is 0 Å².